The van der Waals surface area contributed by atoms with Gasteiger partial charge in [0.05, 0.1) is 18.2 Å². The van der Waals surface area contributed by atoms with E-state index in [2.05, 4.69) is 10.1 Å². The molecule has 3 heterocycles. The number of aryl methyl sites for hydroxylation is 1. The molecular weight excluding hydrogens is 397 g/mol. The Kier molecular flexibility index (Phi) is 4.62. The lowest BCUT2D eigenvalue weighted by atomic mass is 10.1. The van der Waals surface area contributed by atoms with Gasteiger partial charge in [0, 0.05) is 24.7 Å². The first-order chi connectivity index (χ1) is 15.0. The molecule has 0 saturated heterocycles. The van der Waals surface area contributed by atoms with Crippen LogP contribution in [-0.2, 0) is 17.8 Å². The molecule has 0 radical (unpaired) electrons. The molecule has 0 fully saturated rings. The first-order valence-corrected chi connectivity index (χ1v) is 10.1. The van der Waals surface area contributed by atoms with E-state index < -0.39 is 0 Å². The summed E-state index contributed by atoms with van der Waals surface area (Å²) < 4.78 is 16.1. The van der Waals surface area contributed by atoms with E-state index in [9.17, 15) is 14.0 Å². The normalized spacial score (nSPS) is 15.4. The number of halogens is 1. The number of carbonyl (C=O) groups is 1. The lowest BCUT2D eigenvalue weighted by Crippen LogP contribution is -2.36. The third kappa shape index (κ3) is 3.30. The lowest BCUT2D eigenvalue weighted by molar-refractivity contribution is -0.119. The van der Waals surface area contributed by atoms with Gasteiger partial charge in [-0.15, -0.1) is 0 Å². The minimum Gasteiger partial charge on any atom is -0.309 e. The molecule has 1 aliphatic rings. The number of benzene rings is 2. The van der Waals surface area contributed by atoms with Gasteiger partial charge in [0.2, 0.25) is 5.91 Å². The molecule has 8 heteroatoms. The minimum absolute atomic E-state index is 0.0218. The fourth-order valence-corrected chi connectivity index (χ4v) is 4.16. The van der Waals surface area contributed by atoms with Crippen molar-refractivity contribution in [1.29, 1.82) is 0 Å². The summed E-state index contributed by atoms with van der Waals surface area (Å²) in [6, 6.07) is 13.8. The molecule has 1 amide bonds. The number of nitrogens with zero attached hydrogens (tertiary/aromatic N) is 5. The number of anilines is 1. The van der Waals surface area contributed by atoms with Crippen molar-refractivity contribution in [3.05, 3.63) is 82.8 Å². The van der Waals surface area contributed by atoms with Gasteiger partial charge >= 0.3 is 0 Å². The van der Waals surface area contributed by atoms with Crippen LogP contribution in [0, 0.1) is 5.82 Å². The molecule has 156 valence electrons. The van der Waals surface area contributed by atoms with Crippen molar-refractivity contribution in [3.63, 3.8) is 0 Å². The molecule has 2 aromatic heterocycles. The Hall–Kier alpha value is -3.81. The first-order valence-electron chi connectivity index (χ1n) is 10.1. The molecular formula is C23H20FN5O2. The van der Waals surface area contributed by atoms with Crippen LogP contribution in [0.15, 0.2) is 65.8 Å². The minimum atomic E-state index is -0.352. The van der Waals surface area contributed by atoms with Crippen LogP contribution >= 0.6 is 0 Å². The molecule has 0 N–H and O–H groups in total. The highest BCUT2D eigenvalue weighted by Crippen LogP contribution is 2.32. The smallest absolute Gasteiger partial charge is 0.264 e. The maximum absolute atomic E-state index is 13.2. The highest BCUT2D eigenvalue weighted by molar-refractivity contribution is 5.96. The number of aromatic nitrogens is 4. The third-order valence-corrected chi connectivity index (χ3v) is 5.67. The number of carbonyl (C=O) groups excluding carboxylic acids is 1. The molecule has 31 heavy (non-hydrogen) atoms. The molecule has 5 rings (SSSR count). The number of hydrogen-bond acceptors (Lipinski definition) is 4. The van der Waals surface area contributed by atoms with Gasteiger partial charge in [0.15, 0.2) is 5.65 Å². The van der Waals surface area contributed by atoms with E-state index in [0.29, 0.717) is 16.7 Å². The molecule has 2 aromatic carbocycles. The van der Waals surface area contributed by atoms with Gasteiger partial charge in [0.1, 0.15) is 11.2 Å². The van der Waals surface area contributed by atoms with Gasteiger partial charge in [0.25, 0.3) is 5.56 Å². The average Bonchev–Trinajstić information content (AvgIpc) is 3.34. The number of para-hydroxylation sites is 1. The Labute approximate surface area is 177 Å². The van der Waals surface area contributed by atoms with Gasteiger partial charge in [-0.2, -0.15) is 5.10 Å². The van der Waals surface area contributed by atoms with Crippen molar-refractivity contribution in [1.82, 2.24) is 19.3 Å². The Morgan fingerprint density at radius 2 is 1.94 bits per heavy atom. The van der Waals surface area contributed by atoms with Crippen LogP contribution in [0.1, 0.15) is 18.9 Å². The van der Waals surface area contributed by atoms with Gasteiger partial charge in [-0.25, -0.2) is 14.1 Å². The van der Waals surface area contributed by atoms with Crippen LogP contribution in [0.4, 0.5) is 10.1 Å². The maximum Gasteiger partial charge on any atom is 0.264 e. The molecule has 0 aliphatic carbocycles. The van der Waals surface area contributed by atoms with E-state index in [1.807, 2.05) is 36.1 Å². The SMILES string of the molecule is CC1Cc2ccccc2N1C(=O)CCn1cnc2c(cnn2-c2ccc(F)cc2)c1=O. The van der Waals surface area contributed by atoms with Crippen LogP contribution in [0.25, 0.3) is 16.7 Å². The second-order valence-corrected chi connectivity index (χ2v) is 7.71. The summed E-state index contributed by atoms with van der Waals surface area (Å²) in [4.78, 5) is 32.0. The standard InChI is InChI=1S/C23H20FN5O2/c1-15-12-16-4-2-3-5-20(16)28(15)21(30)10-11-27-14-25-22-19(23(27)31)13-26-29(22)18-8-6-17(24)7-9-18/h2-9,13-15H,10-12H2,1H3. The molecule has 7 nitrogen and oxygen atoms in total. The van der Waals surface area contributed by atoms with E-state index in [-0.39, 0.29) is 36.3 Å². The number of rotatable bonds is 4. The van der Waals surface area contributed by atoms with Crippen molar-refractivity contribution in [2.75, 3.05) is 4.90 Å². The van der Waals surface area contributed by atoms with Gasteiger partial charge < -0.3 is 4.90 Å². The molecule has 1 unspecified atom stereocenters. The van der Waals surface area contributed by atoms with E-state index in [0.717, 1.165) is 17.7 Å². The van der Waals surface area contributed by atoms with Crippen molar-refractivity contribution >= 4 is 22.6 Å². The van der Waals surface area contributed by atoms with Crippen molar-refractivity contribution < 1.29 is 9.18 Å². The fraction of sp³-hybridized carbons (Fsp3) is 0.217. The van der Waals surface area contributed by atoms with Crippen LogP contribution in [-0.4, -0.2) is 31.3 Å². The largest absolute Gasteiger partial charge is 0.309 e. The molecule has 1 atom stereocenters. The van der Waals surface area contributed by atoms with Crippen molar-refractivity contribution in [2.24, 2.45) is 0 Å². The summed E-state index contributed by atoms with van der Waals surface area (Å²) in [5, 5.41) is 4.58. The topological polar surface area (TPSA) is 73.0 Å². The summed E-state index contributed by atoms with van der Waals surface area (Å²) in [6.45, 7) is 2.26. The summed E-state index contributed by atoms with van der Waals surface area (Å²) in [6.07, 6.45) is 3.90. The first kappa shape index (κ1) is 19.2. The predicted octanol–water partition coefficient (Wildman–Crippen LogP) is 3.09. The molecule has 0 spiro atoms. The summed E-state index contributed by atoms with van der Waals surface area (Å²) in [7, 11) is 0. The Morgan fingerprint density at radius 1 is 1.16 bits per heavy atom. The Balaban J connectivity index is 1.38. The quantitative estimate of drug-likeness (QED) is 0.512. The van der Waals surface area contributed by atoms with Gasteiger partial charge in [-0.3, -0.25) is 14.2 Å². The number of amides is 1. The number of hydrogen-bond donors (Lipinski definition) is 0. The third-order valence-electron chi connectivity index (χ3n) is 5.67. The van der Waals surface area contributed by atoms with Crippen LogP contribution in [0.5, 0.6) is 0 Å². The molecule has 0 bridgehead atoms. The van der Waals surface area contributed by atoms with E-state index >= 15 is 0 Å². The zero-order valence-electron chi connectivity index (χ0n) is 16.9. The Morgan fingerprint density at radius 3 is 2.74 bits per heavy atom. The predicted molar refractivity (Wildman–Crippen MR) is 115 cm³/mol. The molecule has 0 saturated carbocycles. The molecule has 1 aliphatic heterocycles. The second kappa shape index (κ2) is 7.46. The second-order valence-electron chi connectivity index (χ2n) is 7.71. The van der Waals surface area contributed by atoms with Crippen LogP contribution in [0.3, 0.4) is 0 Å². The summed E-state index contributed by atoms with van der Waals surface area (Å²) in [5.74, 6) is -0.374. The van der Waals surface area contributed by atoms with Gasteiger partial charge in [-0.05, 0) is 49.2 Å². The fourth-order valence-electron chi connectivity index (χ4n) is 4.16. The summed E-state index contributed by atoms with van der Waals surface area (Å²) in [5.41, 5.74) is 2.85. The lowest BCUT2D eigenvalue weighted by Gasteiger charge is -2.23. The summed E-state index contributed by atoms with van der Waals surface area (Å²) >= 11 is 0. The Bertz CT molecular complexity index is 1340. The average molecular weight is 417 g/mol. The van der Waals surface area contributed by atoms with E-state index in [1.165, 1.54) is 33.9 Å². The van der Waals surface area contributed by atoms with Crippen LogP contribution in [0.2, 0.25) is 0 Å². The van der Waals surface area contributed by atoms with Gasteiger partial charge in [-0.1, -0.05) is 18.2 Å². The highest BCUT2D eigenvalue weighted by atomic mass is 19.1. The monoisotopic (exact) mass is 417 g/mol. The zero-order chi connectivity index (χ0) is 21.5. The van der Waals surface area contributed by atoms with E-state index in [1.54, 1.807) is 12.1 Å². The maximum atomic E-state index is 13.2. The zero-order valence-corrected chi connectivity index (χ0v) is 16.9. The van der Waals surface area contributed by atoms with Crippen LogP contribution < -0.4 is 10.5 Å². The van der Waals surface area contributed by atoms with E-state index in [4.69, 9.17) is 0 Å². The van der Waals surface area contributed by atoms with Crippen molar-refractivity contribution in [2.45, 2.75) is 32.4 Å². The molecule has 4 aromatic rings. The highest BCUT2D eigenvalue weighted by Gasteiger charge is 2.30. The van der Waals surface area contributed by atoms with Crippen molar-refractivity contribution in [3.8, 4) is 5.69 Å². The number of fused-ring (bicyclic) bond motifs is 2.